The summed E-state index contributed by atoms with van der Waals surface area (Å²) in [5.41, 5.74) is 6.02. The molecule has 0 aliphatic heterocycles. The highest BCUT2D eigenvalue weighted by molar-refractivity contribution is 9.10. The van der Waals surface area contributed by atoms with Gasteiger partial charge in [-0.15, -0.1) is 11.3 Å². The predicted octanol–water partition coefficient (Wildman–Crippen LogP) is 3.52. The van der Waals surface area contributed by atoms with Crippen molar-refractivity contribution in [3.8, 4) is 5.75 Å². The van der Waals surface area contributed by atoms with E-state index in [0.29, 0.717) is 10.6 Å². The van der Waals surface area contributed by atoms with Crippen molar-refractivity contribution in [2.75, 3.05) is 6.61 Å². The summed E-state index contributed by atoms with van der Waals surface area (Å²) in [6.07, 6.45) is 0. The molecule has 0 atom stereocenters. The normalized spacial score (nSPS) is 10.8. The first-order valence-electron chi connectivity index (χ1n) is 8.03. The molecule has 27 heavy (non-hydrogen) atoms. The number of hydrogen-bond acceptors (Lipinski definition) is 5. The molecule has 1 aromatic carbocycles. The van der Waals surface area contributed by atoms with Crippen LogP contribution < -0.4 is 20.9 Å². The number of hydrazine groups is 1. The maximum Gasteiger partial charge on any atom is 0.276 e. The van der Waals surface area contributed by atoms with E-state index in [1.807, 2.05) is 18.2 Å². The molecule has 1 aromatic heterocycles. The van der Waals surface area contributed by atoms with Gasteiger partial charge in [0.25, 0.3) is 11.8 Å². The van der Waals surface area contributed by atoms with Crippen LogP contribution in [-0.4, -0.2) is 23.5 Å². The fraction of sp³-hybridized carbons (Fsp3) is 0.278. The van der Waals surface area contributed by atoms with E-state index in [9.17, 15) is 9.59 Å². The Morgan fingerprint density at radius 1 is 1.22 bits per heavy atom. The second kappa shape index (κ2) is 9.29. The third-order valence-electron chi connectivity index (χ3n) is 3.44. The highest BCUT2D eigenvalue weighted by atomic mass is 79.9. The van der Waals surface area contributed by atoms with Gasteiger partial charge in [-0.05, 0) is 62.7 Å². The zero-order valence-electron chi connectivity index (χ0n) is 15.1. The smallest absolute Gasteiger partial charge is 0.276 e. The Hall–Kier alpha value is -1.97. The first-order valence-corrected chi connectivity index (χ1v) is 10.1. The van der Waals surface area contributed by atoms with Crippen LogP contribution in [0.3, 0.4) is 0 Å². The number of benzene rings is 1. The number of thiophene rings is 1. The molecule has 144 valence electrons. The Kier molecular flexibility index (Phi) is 7.34. The van der Waals surface area contributed by atoms with Crippen LogP contribution in [0.5, 0.6) is 5.75 Å². The van der Waals surface area contributed by atoms with Gasteiger partial charge in [-0.1, -0.05) is 32.9 Å². The number of carbonyl (C=O) groups excluding carboxylic acids is 2. The fourth-order valence-electron chi connectivity index (χ4n) is 1.99. The van der Waals surface area contributed by atoms with Crippen LogP contribution in [0.4, 0.5) is 0 Å². The molecule has 3 N–H and O–H groups in total. The van der Waals surface area contributed by atoms with E-state index in [1.54, 1.807) is 17.5 Å². The van der Waals surface area contributed by atoms with Crippen molar-refractivity contribution in [2.24, 2.45) is 0 Å². The van der Waals surface area contributed by atoms with E-state index in [1.165, 1.54) is 11.3 Å². The van der Waals surface area contributed by atoms with Gasteiger partial charge in [-0.25, -0.2) is 0 Å². The molecule has 9 heteroatoms. The van der Waals surface area contributed by atoms with Crippen LogP contribution >= 0.6 is 39.5 Å². The Morgan fingerprint density at radius 2 is 1.96 bits per heavy atom. The molecular formula is C18H20BrN3O3S2. The van der Waals surface area contributed by atoms with Gasteiger partial charge >= 0.3 is 0 Å². The second-order valence-corrected chi connectivity index (χ2v) is 8.83. The summed E-state index contributed by atoms with van der Waals surface area (Å²) < 4.78 is 6.28. The molecule has 2 aromatic rings. The van der Waals surface area contributed by atoms with E-state index in [0.717, 1.165) is 10.0 Å². The van der Waals surface area contributed by atoms with Crippen LogP contribution in [-0.2, 0) is 10.2 Å². The molecule has 0 spiro atoms. The molecule has 0 bridgehead atoms. The van der Waals surface area contributed by atoms with Crippen LogP contribution in [0.25, 0.3) is 0 Å². The van der Waals surface area contributed by atoms with E-state index in [2.05, 4.69) is 52.9 Å². The van der Waals surface area contributed by atoms with Crippen molar-refractivity contribution in [2.45, 2.75) is 26.2 Å². The van der Waals surface area contributed by atoms with E-state index < -0.39 is 5.91 Å². The Morgan fingerprint density at radius 3 is 2.56 bits per heavy atom. The van der Waals surface area contributed by atoms with Crippen LogP contribution in [0.1, 0.15) is 36.0 Å². The van der Waals surface area contributed by atoms with Gasteiger partial charge in [0.15, 0.2) is 11.7 Å². The lowest BCUT2D eigenvalue weighted by Crippen LogP contribution is -2.49. The van der Waals surface area contributed by atoms with Crippen molar-refractivity contribution in [1.82, 2.24) is 16.2 Å². The average molecular weight is 470 g/mol. The van der Waals surface area contributed by atoms with Gasteiger partial charge in [0.05, 0.1) is 9.35 Å². The molecule has 6 nitrogen and oxygen atoms in total. The van der Waals surface area contributed by atoms with Gasteiger partial charge in [-0.3, -0.25) is 25.8 Å². The third kappa shape index (κ3) is 6.60. The van der Waals surface area contributed by atoms with Gasteiger partial charge in [-0.2, -0.15) is 0 Å². The summed E-state index contributed by atoms with van der Waals surface area (Å²) in [7, 11) is 0. The number of carbonyl (C=O) groups is 2. The number of amides is 2. The number of ether oxygens (including phenoxy) is 1. The molecule has 0 radical (unpaired) electrons. The minimum atomic E-state index is -0.436. The summed E-state index contributed by atoms with van der Waals surface area (Å²) in [6.45, 7) is 6.15. The molecule has 0 unspecified atom stereocenters. The molecule has 0 aliphatic carbocycles. The van der Waals surface area contributed by atoms with E-state index in [-0.39, 0.29) is 23.0 Å². The third-order valence-corrected chi connectivity index (χ3v) is 5.14. The quantitative estimate of drug-likeness (QED) is 0.471. The summed E-state index contributed by atoms with van der Waals surface area (Å²) >= 11 is 9.72. The Bertz CT molecular complexity index is 833. The summed E-state index contributed by atoms with van der Waals surface area (Å²) in [4.78, 5) is 24.3. The molecular weight excluding hydrogens is 450 g/mol. The number of halogens is 1. The van der Waals surface area contributed by atoms with Crippen LogP contribution in [0.2, 0.25) is 0 Å². The highest BCUT2D eigenvalue weighted by Crippen LogP contribution is 2.31. The van der Waals surface area contributed by atoms with Crippen molar-refractivity contribution in [1.29, 1.82) is 0 Å². The zero-order valence-corrected chi connectivity index (χ0v) is 18.3. The fourth-order valence-corrected chi connectivity index (χ4v) is 3.25. The second-order valence-electron chi connectivity index (χ2n) is 6.62. The minimum Gasteiger partial charge on any atom is -0.483 e. The number of thiocarbonyl (C=S) groups is 1. The first-order chi connectivity index (χ1) is 12.7. The largest absolute Gasteiger partial charge is 0.483 e. The van der Waals surface area contributed by atoms with Crippen LogP contribution in [0.15, 0.2) is 40.2 Å². The molecule has 0 saturated carbocycles. The van der Waals surface area contributed by atoms with E-state index >= 15 is 0 Å². The van der Waals surface area contributed by atoms with Crippen LogP contribution in [0, 0.1) is 0 Å². The summed E-state index contributed by atoms with van der Waals surface area (Å²) in [5, 5.41) is 4.26. The lowest BCUT2D eigenvalue weighted by molar-refractivity contribution is -0.123. The number of nitrogens with one attached hydrogen (secondary N) is 3. The van der Waals surface area contributed by atoms with Gasteiger partial charge in [0, 0.05) is 0 Å². The minimum absolute atomic E-state index is 0.00235. The van der Waals surface area contributed by atoms with Crippen molar-refractivity contribution >= 4 is 56.4 Å². The zero-order chi connectivity index (χ0) is 20.0. The number of hydrogen-bond donors (Lipinski definition) is 3. The summed E-state index contributed by atoms with van der Waals surface area (Å²) in [5.74, 6) is -0.211. The maximum absolute atomic E-state index is 11.9. The number of rotatable bonds is 4. The Balaban J connectivity index is 1.78. The van der Waals surface area contributed by atoms with Gasteiger partial charge < -0.3 is 4.74 Å². The lowest BCUT2D eigenvalue weighted by atomic mass is 9.87. The van der Waals surface area contributed by atoms with Gasteiger partial charge in [0.2, 0.25) is 0 Å². The maximum atomic E-state index is 11.9. The molecule has 2 rings (SSSR count). The molecule has 1 heterocycles. The van der Waals surface area contributed by atoms with Crippen molar-refractivity contribution in [3.05, 3.63) is 50.6 Å². The predicted molar refractivity (Wildman–Crippen MR) is 114 cm³/mol. The van der Waals surface area contributed by atoms with Gasteiger partial charge in [0.1, 0.15) is 5.75 Å². The molecule has 0 saturated heterocycles. The topological polar surface area (TPSA) is 79.5 Å². The molecule has 0 fully saturated rings. The monoisotopic (exact) mass is 469 g/mol. The lowest BCUT2D eigenvalue weighted by Gasteiger charge is -2.20. The highest BCUT2D eigenvalue weighted by Gasteiger charge is 2.16. The molecule has 2 amide bonds. The summed E-state index contributed by atoms with van der Waals surface area (Å²) in [6, 6.07) is 9.20. The SMILES string of the molecule is CC(C)(C)c1ccc(OCC(=O)NNC(=S)NC(=O)c2cccs2)c(Br)c1. The van der Waals surface area contributed by atoms with Crippen molar-refractivity contribution < 1.29 is 14.3 Å². The average Bonchev–Trinajstić information content (AvgIpc) is 3.12. The van der Waals surface area contributed by atoms with E-state index in [4.69, 9.17) is 17.0 Å². The van der Waals surface area contributed by atoms with Crippen molar-refractivity contribution in [3.63, 3.8) is 0 Å². The first kappa shape index (κ1) is 21.3. The molecule has 0 aliphatic rings. The Labute approximate surface area is 175 Å². The standard InChI is InChI=1S/C18H20BrN3O3S2/c1-18(2,3)11-6-7-13(12(19)9-11)25-10-15(23)21-22-17(26)20-16(24)14-5-4-8-27-14/h4-9H,10H2,1-3H3,(H,21,23)(H2,20,22,24,26).